The molecule has 7 heteroatoms. The van der Waals surface area contributed by atoms with Crippen molar-refractivity contribution in [3.05, 3.63) is 23.8 Å². The maximum absolute atomic E-state index is 12.3. The van der Waals surface area contributed by atoms with Crippen LogP contribution >= 0.6 is 0 Å². The first kappa shape index (κ1) is 19.4. The van der Waals surface area contributed by atoms with Gasteiger partial charge in [0.2, 0.25) is 10.0 Å². The first-order chi connectivity index (χ1) is 10.7. The zero-order chi connectivity index (χ0) is 17.6. The van der Waals surface area contributed by atoms with E-state index in [2.05, 4.69) is 10.0 Å². The molecular weight excluding hydrogens is 316 g/mol. The van der Waals surface area contributed by atoms with E-state index in [0.717, 1.165) is 12.8 Å². The molecule has 0 radical (unpaired) electrons. The minimum atomic E-state index is -3.72. The van der Waals surface area contributed by atoms with Gasteiger partial charge in [-0.2, -0.15) is 0 Å². The van der Waals surface area contributed by atoms with Gasteiger partial charge in [0.1, 0.15) is 0 Å². The minimum Gasteiger partial charge on any atom is -0.478 e. The van der Waals surface area contributed by atoms with E-state index in [1.165, 1.54) is 18.2 Å². The van der Waals surface area contributed by atoms with Crippen molar-refractivity contribution >= 4 is 21.7 Å². The van der Waals surface area contributed by atoms with Crippen LogP contribution in [0.2, 0.25) is 0 Å². The predicted molar refractivity (Wildman–Crippen MR) is 91.5 cm³/mol. The van der Waals surface area contributed by atoms with Gasteiger partial charge in [0.05, 0.1) is 10.5 Å². The number of hydrogen-bond donors (Lipinski definition) is 3. The normalized spacial score (nSPS) is 14.3. The van der Waals surface area contributed by atoms with E-state index in [0.29, 0.717) is 12.1 Å². The lowest BCUT2D eigenvalue weighted by Crippen LogP contribution is -2.32. The number of rotatable bonds is 9. The molecule has 1 aromatic carbocycles. The molecule has 0 aromatic heterocycles. The summed E-state index contributed by atoms with van der Waals surface area (Å²) in [6, 6.07) is 4.04. The van der Waals surface area contributed by atoms with Crippen LogP contribution in [-0.4, -0.2) is 31.6 Å². The maximum Gasteiger partial charge on any atom is 0.337 e. The number of carboxylic acids is 1. The Morgan fingerprint density at radius 1 is 1.22 bits per heavy atom. The lowest BCUT2D eigenvalue weighted by atomic mass is 10.1. The molecule has 0 heterocycles. The quantitative estimate of drug-likeness (QED) is 0.641. The third-order valence-electron chi connectivity index (χ3n) is 3.62. The molecule has 2 atom stereocenters. The Morgan fingerprint density at radius 3 is 2.39 bits per heavy atom. The number of anilines is 1. The number of sulfonamides is 1. The molecule has 0 fully saturated rings. The first-order valence-corrected chi connectivity index (χ1v) is 9.35. The highest BCUT2D eigenvalue weighted by atomic mass is 32.2. The van der Waals surface area contributed by atoms with Gasteiger partial charge in [-0.15, -0.1) is 0 Å². The van der Waals surface area contributed by atoms with Crippen molar-refractivity contribution in [1.29, 1.82) is 0 Å². The number of aromatic carboxylic acids is 1. The molecule has 0 aliphatic rings. The average Bonchev–Trinajstić information content (AvgIpc) is 2.46. The number of carbonyl (C=O) groups is 1. The van der Waals surface area contributed by atoms with Crippen molar-refractivity contribution < 1.29 is 18.3 Å². The van der Waals surface area contributed by atoms with Crippen LogP contribution in [0.25, 0.3) is 0 Å². The third-order valence-corrected chi connectivity index (χ3v) is 5.21. The summed E-state index contributed by atoms with van der Waals surface area (Å²) in [5.41, 5.74) is 0.390. The fraction of sp³-hybridized carbons (Fsp3) is 0.562. The smallest absolute Gasteiger partial charge is 0.337 e. The van der Waals surface area contributed by atoms with Crippen LogP contribution in [0.5, 0.6) is 0 Å². The molecule has 3 N–H and O–H groups in total. The molecule has 23 heavy (non-hydrogen) atoms. The molecule has 1 aromatic rings. The van der Waals surface area contributed by atoms with Gasteiger partial charge in [-0.25, -0.2) is 17.9 Å². The van der Waals surface area contributed by atoms with E-state index >= 15 is 0 Å². The summed E-state index contributed by atoms with van der Waals surface area (Å²) in [5.74, 6) is -1.16. The second-order valence-corrected chi connectivity index (χ2v) is 7.49. The molecule has 0 saturated carbocycles. The van der Waals surface area contributed by atoms with Crippen LogP contribution in [0.1, 0.15) is 57.3 Å². The summed E-state index contributed by atoms with van der Waals surface area (Å²) in [6.45, 7) is 7.65. The Labute approximate surface area is 138 Å². The lowest BCUT2D eigenvalue weighted by Gasteiger charge is -2.18. The largest absolute Gasteiger partial charge is 0.478 e. The number of nitrogens with one attached hydrogen (secondary N) is 2. The Kier molecular flexibility index (Phi) is 7.02. The summed E-state index contributed by atoms with van der Waals surface area (Å²) < 4.78 is 27.1. The zero-order valence-corrected chi connectivity index (χ0v) is 14.9. The van der Waals surface area contributed by atoms with Crippen molar-refractivity contribution in [3.8, 4) is 0 Å². The van der Waals surface area contributed by atoms with Gasteiger partial charge in [-0.05, 0) is 44.9 Å². The highest BCUT2D eigenvalue weighted by Gasteiger charge is 2.20. The second-order valence-electron chi connectivity index (χ2n) is 5.78. The van der Waals surface area contributed by atoms with Gasteiger partial charge in [0.15, 0.2) is 0 Å². The zero-order valence-electron chi connectivity index (χ0n) is 14.1. The van der Waals surface area contributed by atoms with Crippen molar-refractivity contribution in [3.63, 3.8) is 0 Å². The van der Waals surface area contributed by atoms with Crippen LogP contribution < -0.4 is 10.0 Å². The molecule has 0 bridgehead atoms. The summed E-state index contributed by atoms with van der Waals surface area (Å²) in [5, 5.41) is 12.5. The van der Waals surface area contributed by atoms with E-state index < -0.39 is 16.0 Å². The summed E-state index contributed by atoms with van der Waals surface area (Å²) in [7, 11) is -3.72. The van der Waals surface area contributed by atoms with Gasteiger partial charge < -0.3 is 10.4 Å². The van der Waals surface area contributed by atoms with E-state index in [-0.39, 0.29) is 22.5 Å². The van der Waals surface area contributed by atoms with Gasteiger partial charge in [0.25, 0.3) is 0 Å². The summed E-state index contributed by atoms with van der Waals surface area (Å²) in [6.07, 6.45) is 2.52. The summed E-state index contributed by atoms with van der Waals surface area (Å²) in [4.78, 5) is 11.4. The minimum absolute atomic E-state index is 0.0381. The van der Waals surface area contributed by atoms with Gasteiger partial charge in [-0.3, -0.25) is 0 Å². The number of hydrogen-bond acceptors (Lipinski definition) is 4. The highest BCUT2D eigenvalue weighted by Crippen LogP contribution is 2.22. The Morgan fingerprint density at radius 2 is 1.87 bits per heavy atom. The highest BCUT2D eigenvalue weighted by molar-refractivity contribution is 7.89. The third kappa shape index (κ3) is 5.51. The van der Waals surface area contributed by atoms with Crippen LogP contribution in [0, 0.1) is 0 Å². The predicted octanol–water partition coefficient (Wildman–Crippen LogP) is 3.06. The van der Waals surface area contributed by atoms with Crippen LogP contribution in [0.15, 0.2) is 23.1 Å². The van der Waals surface area contributed by atoms with Gasteiger partial charge >= 0.3 is 5.97 Å². The molecule has 0 unspecified atom stereocenters. The maximum atomic E-state index is 12.3. The monoisotopic (exact) mass is 342 g/mol. The molecule has 1 rings (SSSR count). The van der Waals surface area contributed by atoms with Crippen molar-refractivity contribution in [2.45, 2.75) is 63.9 Å². The molecule has 130 valence electrons. The van der Waals surface area contributed by atoms with E-state index in [9.17, 15) is 18.3 Å². The first-order valence-electron chi connectivity index (χ1n) is 7.87. The van der Waals surface area contributed by atoms with E-state index in [1.807, 2.05) is 20.8 Å². The molecule has 0 aliphatic carbocycles. The van der Waals surface area contributed by atoms with Crippen LogP contribution in [0.4, 0.5) is 5.69 Å². The summed E-state index contributed by atoms with van der Waals surface area (Å²) >= 11 is 0. The standard InChI is InChI=1S/C16H26N2O4S/c1-5-7-12(4)17-15-9-8-13(10-14(15)16(19)20)23(21,22)18-11(3)6-2/h8-12,17-18H,5-7H2,1-4H3,(H,19,20)/t11-,12+/m1/s1. The van der Waals surface area contributed by atoms with Gasteiger partial charge in [0, 0.05) is 17.8 Å². The molecule has 0 aliphatic heterocycles. The Bertz CT molecular complexity index is 643. The number of carboxylic acid groups (broad SMARTS) is 1. The number of benzene rings is 1. The van der Waals surface area contributed by atoms with Gasteiger partial charge in [-0.1, -0.05) is 20.3 Å². The second kappa shape index (κ2) is 8.31. The molecule has 0 amide bonds. The van der Waals surface area contributed by atoms with Crippen LogP contribution in [-0.2, 0) is 10.0 Å². The van der Waals surface area contributed by atoms with Crippen LogP contribution in [0.3, 0.4) is 0 Å². The molecule has 0 spiro atoms. The molecule has 0 saturated heterocycles. The SMILES string of the molecule is CCC[C@H](C)Nc1ccc(S(=O)(=O)N[C@H](C)CC)cc1C(=O)O. The fourth-order valence-electron chi connectivity index (χ4n) is 2.18. The van der Waals surface area contributed by atoms with Crippen molar-refractivity contribution in [2.24, 2.45) is 0 Å². The molecule has 6 nitrogen and oxygen atoms in total. The Hall–Kier alpha value is -1.60. The van der Waals surface area contributed by atoms with Crippen molar-refractivity contribution in [1.82, 2.24) is 4.72 Å². The van der Waals surface area contributed by atoms with Crippen molar-refractivity contribution in [2.75, 3.05) is 5.32 Å². The fourth-order valence-corrected chi connectivity index (χ4v) is 3.53. The molecular formula is C16H26N2O4S. The van der Waals surface area contributed by atoms with E-state index in [4.69, 9.17) is 0 Å². The lowest BCUT2D eigenvalue weighted by molar-refractivity contribution is 0.0697. The average molecular weight is 342 g/mol. The Balaban J connectivity index is 3.15. The topological polar surface area (TPSA) is 95.5 Å². The van der Waals surface area contributed by atoms with E-state index in [1.54, 1.807) is 6.92 Å².